The van der Waals surface area contributed by atoms with Crippen LogP contribution in [0.25, 0.3) is 76.5 Å². The second kappa shape index (κ2) is 8.55. The molecule has 0 N–H and O–H groups in total. The third-order valence-corrected chi connectivity index (χ3v) is 8.33. The molecule has 8 aromatic rings. The van der Waals surface area contributed by atoms with Gasteiger partial charge < -0.3 is 4.74 Å². The van der Waals surface area contributed by atoms with Gasteiger partial charge in [-0.05, 0) is 89.8 Å². The van der Waals surface area contributed by atoms with E-state index in [4.69, 9.17) is 11.6 Å². The average Bonchev–Trinajstić information content (AvgIpc) is 3.10. The zero-order valence-corrected chi connectivity index (χ0v) is 21.9. The first-order valence-electron chi connectivity index (χ1n) is 16.2. The number of benzene rings is 8. The van der Waals surface area contributed by atoms with Crippen LogP contribution in [0.15, 0.2) is 145 Å². The Morgan fingerprint density at radius 3 is 2.07 bits per heavy atom. The second-order valence-corrected chi connectivity index (χ2v) is 10.5. The van der Waals surface area contributed by atoms with Crippen LogP contribution in [0.4, 0.5) is 0 Å². The summed E-state index contributed by atoms with van der Waals surface area (Å²) in [6.07, 6.45) is 0. The lowest BCUT2D eigenvalue weighted by Gasteiger charge is -2.23. The van der Waals surface area contributed by atoms with Crippen molar-refractivity contribution in [2.75, 3.05) is 0 Å². The molecule has 1 aliphatic rings. The molecule has 0 atom stereocenters. The van der Waals surface area contributed by atoms with E-state index in [0.29, 0.717) is 5.56 Å². The molecule has 0 bridgehead atoms. The van der Waals surface area contributed by atoms with E-state index in [0.717, 1.165) is 76.8 Å². The predicted molar refractivity (Wildman–Crippen MR) is 173 cm³/mol. The van der Waals surface area contributed by atoms with Gasteiger partial charge in [0.25, 0.3) is 0 Å². The van der Waals surface area contributed by atoms with Crippen LogP contribution in [0, 0.1) is 0 Å². The maximum absolute atomic E-state index is 8.96. The van der Waals surface area contributed by atoms with Crippen molar-refractivity contribution < 1.29 is 11.6 Å². The summed E-state index contributed by atoms with van der Waals surface area (Å²) in [6.45, 7) is 0. The Balaban J connectivity index is 1.46. The molecule has 0 saturated carbocycles. The molecule has 1 heterocycles. The van der Waals surface area contributed by atoms with Gasteiger partial charge in [0.05, 0.1) is 6.85 Å². The van der Waals surface area contributed by atoms with Gasteiger partial charge in [-0.1, -0.05) is 121 Å². The molecule has 8 aromatic carbocycles. The molecule has 0 radical (unpaired) electrons. The van der Waals surface area contributed by atoms with E-state index in [1.54, 1.807) is 0 Å². The van der Waals surface area contributed by atoms with Gasteiger partial charge in [0.15, 0.2) is 0 Å². The van der Waals surface area contributed by atoms with Crippen molar-refractivity contribution in [3.8, 4) is 44.9 Å². The van der Waals surface area contributed by atoms with Gasteiger partial charge in [0.2, 0.25) is 0 Å². The smallest absolute Gasteiger partial charge is 0.135 e. The lowest BCUT2D eigenvalue weighted by atomic mass is 9.85. The number of hydrogen-bond donors (Lipinski definition) is 0. The van der Waals surface area contributed by atoms with Crippen molar-refractivity contribution in [1.29, 1.82) is 0 Å². The van der Waals surface area contributed by atoms with Crippen LogP contribution in [0.2, 0.25) is 0 Å². The summed E-state index contributed by atoms with van der Waals surface area (Å²) in [5.41, 5.74) is 5.03. The molecule has 1 nitrogen and oxygen atoms in total. The molecule has 0 fully saturated rings. The minimum Gasteiger partial charge on any atom is -0.456 e. The van der Waals surface area contributed by atoms with Crippen molar-refractivity contribution >= 4 is 43.1 Å². The molecular formula is C40H24O. The average molecular weight is 526 g/mol. The van der Waals surface area contributed by atoms with Gasteiger partial charge in [-0.2, -0.15) is 0 Å². The fourth-order valence-corrected chi connectivity index (χ4v) is 6.59. The van der Waals surface area contributed by atoms with Crippen LogP contribution in [-0.4, -0.2) is 0 Å². The van der Waals surface area contributed by atoms with Gasteiger partial charge in [-0.3, -0.25) is 0 Å². The minimum absolute atomic E-state index is 0.205. The number of hydrogen-bond acceptors (Lipinski definition) is 1. The fraction of sp³-hybridized carbons (Fsp3) is 0. The van der Waals surface area contributed by atoms with Gasteiger partial charge >= 0.3 is 0 Å². The van der Waals surface area contributed by atoms with Crippen molar-refractivity contribution in [1.82, 2.24) is 0 Å². The number of para-hydroxylation sites is 1. The molecule has 0 spiro atoms. The van der Waals surface area contributed by atoms with Gasteiger partial charge in [0.1, 0.15) is 11.5 Å². The Kier molecular flexibility index (Phi) is 3.76. The Bertz CT molecular complexity index is 2600. The Morgan fingerprint density at radius 2 is 1.17 bits per heavy atom. The lowest BCUT2D eigenvalue weighted by Crippen LogP contribution is -1.98. The van der Waals surface area contributed by atoms with Crippen LogP contribution in [0.1, 0.15) is 6.85 Å². The molecule has 1 aliphatic heterocycles. The van der Waals surface area contributed by atoms with Crippen LogP contribution >= 0.6 is 0 Å². The predicted octanol–water partition coefficient (Wildman–Crippen LogP) is 11.4. The molecule has 0 aromatic heterocycles. The van der Waals surface area contributed by atoms with Crippen molar-refractivity contribution in [2.45, 2.75) is 0 Å². The highest BCUT2D eigenvalue weighted by molar-refractivity contribution is 6.24. The Morgan fingerprint density at radius 1 is 0.439 bits per heavy atom. The molecule has 9 rings (SSSR count). The molecule has 190 valence electrons. The minimum atomic E-state index is -0.401. The summed E-state index contributed by atoms with van der Waals surface area (Å²) in [7, 11) is 0. The molecule has 0 aliphatic carbocycles. The molecule has 0 unspecified atom stereocenters. The zero-order chi connectivity index (χ0) is 31.3. The second-order valence-electron chi connectivity index (χ2n) is 10.5. The lowest BCUT2D eigenvalue weighted by molar-refractivity contribution is 0.487. The highest BCUT2D eigenvalue weighted by atomic mass is 16.5. The van der Waals surface area contributed by atoms with Gasteiger partial charge in [-0.25, -0.2) is 0 Å². The normalized spacial score (nSPS) is 13.8. The SMILES string of the molecule is [2H]c1c([2H])c([2H])c(-c2c3ccccc3cc3c2cc(-c2ccc4c5c(cccc25)-c2ccccc2O4)c2ccccc23)c([2H])c1[2H]. The number of ether oxygens (including phenoxy) is 1. The molecule has 0 amide bonds. The summed E-state index contributed by atoms with van der Waals surface area (Å²) < 4.78 is 49.5. The maximum Gasteiger partial charge on any atom is 0.135 e. The summed E-state index contributed by atoms with van der Waals surface area (Å²) >= 11 is 0. The summed E-state index contributed by atoms with van der Waals surface area (Å²) in [5.74, 6) is 1.64. The Hall–Kier alpha value is -5.40. The highest BCUT2D eigenvalue weighted by Crippen LogP contribution is 2.50. The first-order chi connectivity index (χ1) is 22.4. The topological polar surface area (TPSA) is 9.23 Å². The summed E-state index contributed by atoms with van der Waals surface area (Å²) in [4.78, 5) is 0. The maximum atomic E-state index is 8.96. The summed E-state index contributed by atoms with van der Waals surface area (Å²) in [5, 5.41) is 7.74. The van der Waals surface area contributed by atoms with Crippen LogP contribution in [-0.2, 0) is 0 Å². The van der Waals surface area contributed by atoms with E-state index in [1.807, 2.05) is 60.7 Å². The highest BCUT2D eigenvalue weighted by Gasteiger charge is 2.22. The first kappa shape index (κ1) is 18.0. The third-order valence-electron chi connectivity index (χ3n) is 8.33. The fourth-order valence-electron chi connectivity index (χ4n) is 6.59. The van der Waals surface area contributed by atoms with Crippen LogP contribution < -0.4 is 4.74 Å². The number of rotatable bonds is 2. The summed E-state index contributed by atoms with van der Waals surface area (Å²) in [6, 6.07) is 37.5. The van der Waals surface area contributed by atoms with Crippen LogP contribution in [0.3, 0.4) is 0 Å². The van der Waals surface area contributed by atoms with E-state index in [2.05, 4.69) is 54.6 Å². The van der Waals surface area contributed by atoms with Gasteiger partial charge in [0, 0.05) is 10.9 Å². The van der Waals surface area contributed by atoms with Gasteiger partial charge in [-0.15, -0.1) is 0 Å². The Labute approximate surface area is 244 Å². The van der Waals surface area contributed by atoms with Crippen molar-refractivity contribution in [2.24, 2.45) is 0 Å². The quantitative estimate of drug-likeness (QED) is 0.161. The van der Waals surface area contributed by atoms with Crippen LogP contribution in [0.5, 0.6) is 11.5 Å². The number of fused-ring (bicyclic) bond motifs is 6. The molecule has 0 saturated heterocycles. The van der Waals surface area contributed by atoms with E-state index >= 15 is 0 Å². The standard InChI is InChI=1S/C40H24O/c1-2-11-25(12-3-1)39-27-14-5-4-13-26(27)23-34-28-15-6-7-16-29(28)35(24-36(34)39)30-21-22-38-40-32(30)18-10-19-33(40)31-17-8-9-20-37(31)41-38/h1-24H/i1D,2D,3D,11D,12D. The third kappa shape index (κ3) is 3.24. The largest absolute Gasteiger partial charge is 0.456 e. The first-order valence-corrected chi connectivity index (χ1v) is 13.7. The molecule has 41 heavy (non-hydrogen) atoms. The molecular weight excluding hydrogens is 496 g/mol. The van der Waals surface area contributed by atoms with Crippen molar-refractivity contribution in [3.05, 3.63) is 145 Å². The van der Waals surface area contributed by atoms with Crippen molar-refractivity contribution in [3.63, 3.8) is 0 Å². The zero-order valence-electron chi connectivity index (χ0n) is 26.9. The monoisotopic (exact) mass is 525 g/mol. The van der Waals surface area contributed by atoms with E-state index in [1.165, 1.54) is 0 Å². The van der Waals surface area contributed by atoms with E-state index in [-0.39, 0.29) is 29.7 Å². The molecule has 1 heteroatoms. The van der Waals surface area contributed by atoms with E-state index < -0.39 is 6.04 Å². The van der Waals surface area contributed by atoms with E-state index in [9.17, 15) is 0 Å².